The minimum absolute atomic E-state index is 0.0472. The van der Waals surface area contributed by atoms with Gasteiger partial charge in [-0.25, -0.2) is 9.18 Å². The molecule has 0 saturated carbocycles. The second kappa shape index (κ2) is 6.81. The number of anilines is 1. The van der Waals surface area contributed by atoms with Crippen LogP contribution >= 0.6 is 0 Å². The molecule has 0 saturated heterocycles. The molecule has 0 spiro atoms. The first-order chi connectivity index (χ1) is 10.5. The van der Waals surface area contributed by atoms with Gasteiger partial charge >= 0.3 is 13.0 Å². The van der Waals surface area contributed by atoms with Crippen molar-refractivity contribution in [2.45, 2.75) is 6.54 Å². The Hall–Kier alpha value is -2.74. The van der Waals surface area contributed by atoms with Gasteiger partial charge in [0.25, 0.3) is 0 Å². The molecule has 0 heterocycles. The first kappa shape index (κ1) is 15.6. The summed E-state index contributed by atoms with van der Waals surface area (Å²) in [6.07, 6.45) is 0. The number of rotatable bonds is 6. The van der Waals surface area contributed by atoms with E-state index in [0.717, 1.165) is 6.07 Å². The van der Waals surface area contributed by atoms with Crippen molar-refractivity contribution in [1.82, 2.24) is 0 Å². The van der Waals surface area contributed by atoms with Crippen molar-refractivity contribution in [2.75, 3.05) is 5.32 Å². The van der Waals surface area contributed by atoms with Gasteiger partial charge in [0, 0.05) is 17.8 Å². The Balaban J connectivity index is 2.26. The van der Waals surface area contributed by atoms with Crippen LogP contribution in [0.4, 0.5) is 10.1 Å². The summed E-state index contributed by atoms with van der Waals surface area (Å²) >= 11 is 0. The zero-order chi connectivity index (χ0) is 16.1. The largest absolute Gasteiger partial charge is 0.517 e. The van der Waals surface area contributed by atoms with E-state index < -0.39 is 13.0 Å². The lowest BCUT2D eigenvalue weighted by Crippen LogP contribution is -2.29. The molecule has 0 radical (unpaired) electrons. The van der Waals surface area contributed by atoms with Gasteiger partial charge in [0.2, 0.25) is 0 Å². The minimum atomic E-state index is -1.66. The number of nitrogens with zero attached hydrogens (tertiary/aromatic N) is 1. The van der Waals surface area contributed by atoms with E-state index >= 15 is 0 Å². The molecular formula is C14H12BFN2O4. The van der Waals surface area contributed by atoms with Crippen LogP contribution in [0.3, 0.4) is 0 Å². The van der Waals surface area contributed by atoms with Crippen LogP contribution in [0.15, 0.2) is 47.6 Å². The topological polar surface area (TPSA) is 99.0 Å². The standard InChI is InChI=1S/C14H12BFN2O4/c16-13-4-2-1-3-9(13)8-17-12-6-10(14(19)20)5-11(7-12)15(21)18-22/h1-7,17,21H,8H2,(H,19,20). The highest BCUT2D eigenvalue weighted by Gasteiger charge is 2.19. The van der Waals surface area contributed by atoms with E-state index in [1.54, 1.807) is 18.2 Å². The summed E-state index contributed by atoms with van der Waals surface area (Å²) in [5.41, 5.74) is 0.668. The van der Waals surface area contributed by atoms with Crippen molar-refractivity contribution in [2.24, 2.45) is 5.09 Å². The number of hydrogen-bond acceptors (Lipinski definition) is 5. The fourth-order valence-corrected chi connectivity index (χ4v) is 1.93. The molecule has 0 atom stereocenters. The van der Waals surface area contributed by atoms with Crippen molar-refractivity contribution in [3.8, 4) is 0 Å². The van der Waals surface area contributed by atoms with Gasteiger partial charge in [0.05, 0.1) is 5.56 Å². The van der Waals surface area contributed by atoms with Crippen molar-refractivity contribution in [3.05, 3.63) is 64.3 Å². The van der Waals surface area contributed by atoms with E-state index in [2.05, 4.69) is 10.4 Å². The highest BCUT2D eigenvalue weighted by Crippen LogP contribution is 2.13. The molecule has 0 bridgehead atoms. The summed E-state index contributed by atoms with van der Waals surface area (Å²) < 4.78 is 13.5. The fraction of sp³-hybridized carbons (Fsp3) is 0.0714. The molecular weight excluding hydrogens is 290 g/mol. The first-order valence-electron chi connectivity index (χ1n) is 6.37. The van der Waals surface area contributed by atoms with E-state index in [1.165, 1.54) is 18.2 Å². The van der Waals surface area contributed by atoms with Crippen LogP contribution < -0.4 is 10.8 Å². The molecule has 6 nitrogen and oxygen atoms in total. The molecule has 0 aliphatic rings. The molecule has 0 aromatic heterocycles. The van der Waals surface area contributed by atoms with Crippen molar-refractivity contribution < 1.29 is 19.3 Å². The van der Waals surface area contributed by atoms with Crippen molar-refractivity contribution >= 4 is 24.2 Å². The number of aromatic carboxylic acids is 1. The Morgan fingerprint density at radius 3 is 2.64 bits per heavy atom. The van der Waals surface area contributed by atoms with Crippen molar-refractivity contribution in [1.29, 1.82) is 0 Å². The van der Waals surface area contributed by atoms with E-state index in [0.29, 0.717) is 11.3 Å². The van der Waals surface area contributed by atoms with Crippen LogP contribution in [0, 0.1) is 10.7 Å². The molecule has 0 amide bonds. The lowest BCUT2D eigenvalue weighted by Gasteiger charge is -2.10. The number of nitroso groups, excluding NO2 is 1. The SMILES string of the molecule is O=NB(O)c1cc(NCc2ccccc2F)cc(C(=O)O)c1. The third kappa shape index (κ3) is 3.67. The fourth-order valence-electron chi connectivity index (χ4n) is 1.93. The van der Waals surface area contributed by atoms with Crippen LogP contribution in [0.2, 0.25) is 0 Å². The van der Waals surface area contributed by atoms with Crippen LogP contribution in [0.5, 0.6) is 0 Å². The second-order valence-corrected chi connectivity index (χ2v) is 4.57. The summed E-state index contributed by atoms with van der Waals surface area (Å²) in [4.78, 5) is 21.5. The average molecular weight is 302 g/mol. The molecule has 3 N–H and O–H groups in total. The molecule has 0 unspecified atom stereocenters. The second-order valence-electron chi connectivity index (χ2n) is 4.57. The predicted octanol–water partition coefficient (Wildman–Crippen LogP) is 1.59. The molecule has 0 aliphatic carbocycles. The number of benzene rings is 2. The number of carbonyl (C=O) groups is 1. The lowest BCUT2D eigenvalue weighted by atomic mass is 9.75. The molecule has 0 fully saturated rings. The Labute approximate surface area is 125 Å². The maximum Gasteiger partial charge on any atom is 0.517 e. The summed E-state index contributed by atoms with van der Waals surface area (Å²) in [6.45, 7) is 0.125. The molecule has 2 rings (SSSR count). The minimum Gasteiger partial charge on any atom is -0.478 e. The Morgan fingerprint density at radius 1 is 1.27 bits per heavy atom. The van der Waals surface area contributed by atoms with Crippen LogP contribution in [0.25, 0.3) is 0 Å². The van der Waals surface area contributed by atoms with Gasteiger partial charge in [-0.15, -0.1) is 0 Å². The number of nitrogens with one attached hydrogen (secondary N) is 1. The highest BCUT2D eigenvalue weighted by atomic mass is 19.1. The third-order valence-electron chi connectivity index (χ3n) is 3.04. The number of halogens is 1. The number of carboxylic acids is 1. The first-order valence-corrected chi connectivity index (χ1v) is 6.37. The van der Waals surface area contributed by atoms with Crippen molar-refractivity contribution in [3.63, 3.8) is 0 Å². The predicted molar refractivity (Wildman–Crippen MR) is 80.5 cm³/mol. The maximum absolute atomic E-state index is 13.5. The Morgan fingerprint density at radius 2 is 2.00 bits per heavy atom. The summed E-state index contributed by atoms with van der Waals surface area (Å²) in [5, 5.41) is 23.8. The third-order valence-corrected chi connectivity index (χ3v) is 3.04. The summed E-state index contributed by atoms with van der Waals surface area (Å²) in [5.74, 6) is -1.60. The van der Waals surface area contributed by atoms with Crippen LogP contribution in [0.1, 0.15) is 15.9 Å². The quantitative estimate of drug-likeness (QED) is 0.556. The van der Waals surface area contributed by atoms with E-state index in [1.807, 2.05) is 0 Å². The van der Waals surface area contributed by atoms with E-state index in [-0.39, 0.29) is 23.4 Å². The zero-order valence-corrected chi connectivity index (χ0v) is 11.4. The van der Waals surface area contributed by atoms with Gasteiger partial charge in [-0.2, -0.15) is 4.91 Å². The molecule has 112 valence electrons. The van der Waals surface area contributed by atoms with E-state index in [9.17, 15) is 19.1 Å². The summed E-state index contributed by atoms with van der Waals surface area (Å²) in [6, 6.07) is 10.0. The van der Waals surface area contributed by atoms with Gasteiger partial charge < -0.3 is 15.4 Å². The average Bonchev–Trinajstić information content (AvgIpc) is 2.53. The molecule has 8 heteroatoms. The Kier molecular flexibility index (Phi) is 4.85. The molecule has 2 aromatic carbocycles. The molecule has 2 aromatic rings. The lowest BCUT2D eigenvalue weighted by molar-refractivity contribution is 0.0697. The smallest absolute Gasteiger partial charge is 0.478 e. The zero-order valence-electron chi connectivity index (χ0n) is 11.4. The van der Waals surface area contributed by atoms with Crippen LogP contribution in [-0.4, -0.2) is 23.2 Å². The van der Waals surface area contributed by atoms with Gasteiger partial charge in [-0.1, -0.05) is 23.3 Å². The van der Waals surface area contributed by atoms with Gasteiger partial charge in [0.15, 0.2) is 0 Å². The summed E-state index contributed by atoms with van der Waals surface area (Å²) in [7, 11) is -1.66. The van der Waals surface area contributed by atoms with Gasteiger partial charge in [-0.05, 0) is 29.7 Å². The Bertz CT molecular complexity index is 711. The van der Waals surface area contributed by atoms with Crippen LogP contribution in [-0.2, 0) is 6.54 Å². The number of hydrogen-bond donors (Lipinski definition) is 3. The highest BCUT2D eigenvalue weighted by molar-refractivity contribution is 6.64. The maximum atomic E-state index is 13.5. The normalized spacial score (nSPS) is 10.1. The van der Waals surface area contributed by atoms with Gasteiger partial charge in [-0.3, -0.25) is 0 Å². The van der Waals surface area contributed by atoms with E-state index in [4.69, 9.17) is 5.11 Å². The monoisotopic (exact) mass is 302 g/mol. The molecule has 0 aliphatic heterocycles. The van der Waals surface area contributed by atoms with Gasteiger partial charge in [0.1, 0.15) is 5.82 Å². The number of carboxylic acid groups (broad SMARTS) is 1. The molecule has 22 heavy (non-hydrogen) atoms.